The van der Waals surface area contributed by atoms with E-state index in [-0.39, 0.29) is 18.2 Å². The van der Waals surface area contributed by atoms with E-state index >= 15 is 0 Å². The highest BCUT2D eigenvalue weighted by Crippen LogP contribution is 2.22. The van der Waals surface area contributed by atoms with Crippen molar-refractivity contribution in [3.8, 4) is 0 Å². The molecule has 1 heterocycles. The maximum absolute atomic E-state index is 12.1. The molecule has 1 aliphatic carbocycles. The molecule has 6 heteroatoms. The third-order valence-corrected chi connectivity index (χ3v) is 4.10. The molecule has 19 heavy (non-hydrogen) atoms. The van der Waals surface area contributed by atoms with Crippen LogP contribution in [0.3, 0.4) is 0 Å². The second-order valence-corrected chi connectivity index (χ2v) is 5.44. The number of nitrogens with zero attached hydrogens (tertiary/aromatic N) is 1. The van der Waals surface area contributed by atoms with Crippen LogP contribution in [0.4, 0.5) is 4.79 Å². The van der Waals surface area contributed by atoms with Crippen LogP contribution >= 0.6 is 0 Å². The van der Waals surface area contributed by atoms with Crippen LogP contribution in [0.25, 0.3) is 0 Å². The van der Waals surface area contributed by atoms with Gasteiger partial charge < -0.3 is 20.1 Å². The van der Waals surface area contributed by atoms with Gasteiger partial charge in [0.1, 0.15) is 0 Å². The molecule has 0 aromatic carbocycles. The Balaban J connectivity index is 1.81. The molecule has 0 spiro atoms. The molecule has 2 amide bonds. The Labute approximate surface area is 113 Å². The van der Waals surface area contributed by atoms with Gasteiger partial charge in [-0.2, -0.15) is 0 Å². The minimum atomic E-state index is -0.808. The zero-order chi connectivity index (χ0) is 13.8. The average Bonchev–Trinajstić information content (AvgIpc) is 2.86. The lowest BCUT2D eigenvalue weighted by atomic mass is 9.99. The molecule has 1 saturated heterocycles. The van der Waals surface area contributed by atoms with Gasteiger partial charge in [0, 0.05) is 26.2 Å². The van der Waals surface area contributed by atoms with E-state index in [9.17, 15) is 9.59 Å². The number of piperidine rings is 1. The van der Waals surface area contributed by atoms with Gasteiger partial charge in [-0.3, -0.25) is 4.79 Å². The molecule has 3 atom stereocenters. The van der Waals surface area contributed by atoms with E-state index in [4.69, 9.17) is 9.84 Å². The minimum Gasteiger partial charge on any atom is -0.481 e. The Kier molecular flexibility index (Phi) is 4.63. The van der Waals surface area contributed by atoms with Crippen LogP contribution < -0.4 is 5.32 Å². The standard InChI is InChI=1S/C13H22N2O4/c1-19-11-5-4-10(7-11)14-13(18)15-6-2-3-9(8-15)12(16)17/h9-11H,2-8H2,1H3,(H,14,18)(H,16,17). The summed E-state index contributed by atoms with van der Waals surface area (Å²) in [5.74, 6) is -1.23. The Morgan fingerprint density at radius 1 is 1.32 bits per heavy atom. The van der Waals surface area contributed by atoms with Crippen molar-refractivity contribution in [3.63, 3.8) is 0 Å². The lowest BCUT2D eigenvalue weighted by Gasteiger charge is -2.31. The number of carbonyl (C=O) groups is 2. The summed E-state index contributed by atoms with van der Waals surface area (Å²) in [6, 6.07) is 0.0235. The SMILES string of the molecule is COC1CCC(NC(=O)N2CCCC(C(=O)O)C2)C1. The summed E-state index contributed by atoms with van der Waals surface area (Å²) in [4.78, 5) is 24.7. The molecule has 1 aliphatic heterocycles. The van der Waals surface area contributed by atoms with Gasteiger partial charge in [0.25, 0.3) is 0 Å². The smallest absolute Gasteiger partial charge is 0.317 e. The molecule has 1 saturated carbocycles. The number of urea groups is 1. The van der Waals surface area contributed by atoms with E-state index in [1.165, 1.54) is 0 Å². The van der Waals surface area contributed by atoms with Crippen molar-refractivity contribution in [2.24, 2.45) is 5.92 Å². The summed E-state index contributed by atoms with van der Waals surface area (Å²) in [6.07, 6.45) is 4.40. The Hall–Kier alpha value is -1.30. The van der Waals surface area contributed by atoms with Crippen LogP contribution in [-0.2, 0) is 9.53 Å². The molecule has 0 aromatic heterocycles. The second-order valence-electron chi connectivity index (χ2n) is 5.44. The van der Waals surface area contributed by atoms with Crippen LogP contribution in [0.1, 0.15) is 32.1 Å². The lowest BCUT2D eigenvalue weighted by Crippen LogP contribution is -2.49. The summed E-state index contributed by atoms with van der Waals surface area (Å²) < 4.78 is 5.27. The summed E-state index contributed by atoms with van der Waals surface area (Å²) in [5.41, 5.74) is 0. The normalized spacial score (nSPS) is 31.2. The second kappa shape index (κ2) is 6.23. The molecule has 2 fully saturated rings. The van der Waals surface area contributed by atoms with Crippen molar-refractivity contribution in [2.45, 2.75) is 44.2 Å². The number of hydrogen-bond donors (Lipinski definition) is 2. The summed E-state index contributed by atoms with van der Waals surface area (Å²) >= 11 is 0. The van der Waals surface area contributed by atoms with Crippen LogP contribution in [0.2, 0.25) is 0 Å². The minimum absolute atomic E-state index is 0.132. The van der Waals surface area contributed by atoms with Gasteiger partial charge in [-0.05, 0) is 32.1 Å². The van der Waals surface area contributed by atoms with E-state index in [2.05, 4.69) is 5.32 Å². The number of nitrogens with one attached hydrogen (secondary N) is 1. The van der Waals surface area contributed by atoms with Crippen molar-refractivity contribution in [1.82, 2.24) is 10.2 Å². The van der Waals surface area contributed by atoms with Crippen LogP contribution in [0.5, 0.6) is 0 Å². The molecular formula is C13H22N2O4. The largest absolute Gasteiger partial charge is 0.481 e. The number of aliphatic carboxylic acids is 1. The fourth-order valence-electron chi connectivity index (χ4n) is 2.91. The zero-order valence-corrected chi connectivity index (χ0v) is 11.3. The number of carbonyl (C=O) groups excluding carboxylic acids is 1. The third kappa shape index (κ3) is 3.59. The number of methoxy groups -OCH3 is 1. The maximum atomic E-state index is 12.1. The molecule has 2 aliphatic rings. The number of amides is 2. The van der Waals surface area contributed by atoms with E-state index in [1.807, 2.05) is 0 Å². The molecule has 2 N–H and O–H groups in total. The molecular weight excluding hydrogens is 248 g/mol. The van der Waals surface area contributed by atoms with Crippen molar-refractivity contribution >= 4 is 12.0 Å². The summed E-state index contributed by atoms with van der Waals surface area (Å²) in [7, 11) is 1.69. The first-order valence-electron chi connectivity index (χ1n) is 6.91. The number of carboxylic acids is 1. The van der Waals surface area contributed by atoms with Gasteiger partial charge in [-0.25, -0.2) is 4.79 Å². The molecule has 0 aromatic rings. The van der Waals surface area contributed by atoms with Crippen molar-refractivity contribution in [3.05, 3.63) is 0 Å². The fraction of sp³-hybridized carbons (Fsp3) is 0.846. The Bertz CT molecular complexity index is 348. The topological polar surface area (TPSA) is 78.9 Å². The molecule has 3 unspecified atom stereocenters. The summed E-state index contributed by atoms with van der Waals surface area (Å²) in [6.45, 7) is 0.970. The third-order valence-electron chi connectivity index (χ3n) is 4.10. The lowest BCUT2D eigenvalue weighted by molar-refractivity contribution is -0.143. The first-order valence-corrected chi connectivity index (χ1v) is 6.91. The summed E-state index contributed by atoms with van der Waals surface area (Å²) in [5, 5.41) is 12.0. The van der Waals surface area contributed by atoms with Gasteiger partial charge in [-0.1, -0.05) is 0 Å². The predicted molar refractivity (Wildman–Crippen MR) is 68.9 cm³/mol. The first kappa shape index (κ1) is 14.1. The van der Waals surface area contributed by atoms with E-state index in [0.29, 0.717) is 19.5 Å². The van der Waals surface area contributed by atoms with Gasteiger partial charge in [0.2, 0.25) is 0 Å². The molecule has 2 rings (SSSR count). The first-order chi connectivity index (χ1) is 9.10. The van der Waals surface area contributed by atoms with Crippen LogP contribution in [0, 0.1) is 5.92 Å². The Morgan fingerprint density at radius 2 is 2.11 bits per heavy atom. The van der Waals surface area contributed by atoms with Crippen molar-refractivity contribution in [2.75, 3.05) is 20.2 Å². The number of hydrogen-bond acceptors (Lipinski definition) is 3. The highest BCUT2D eigenvalue weighted by molar-refractivity contribution is 5.76. The van der Waals surface area contributed by atoms with Gasteiger partial charge in [0.15, 0.2) is 0 Å². The van der Waals surface area contributed by atoms with Crippen LogP contribution in [0.15, 0.2) is 0 Å². The van der Waals surface area contributed by atoms with Crippen molar-refractivity contribution in [1.29, 1.82) is 0 Å². The maximum Gasteiger partial charge on any atom is 0.317 e. The highest BCUT2D eigenvalue weighted by atomic mass is 16.5. The molecule has 0 bridgehead atoms. The van der Waals surface area contributed by atoms with Gasteiger partial charge >= 0.3 is 12.0 Å². The molecule has 108 valence electrons. The van der Waals surface area contributed by atoms with Gasteiger partial charge in [-0.15, -0.1) is 0 Å². The van der Waals surface area contributed by atoms with E-state index < -0.39 is 11.9 Å². The monoisotopic (exact) mass is 270 g/mol. The number of rotatable bonds is 3. The number of carboxylic acid groups (broad SMARTS) is 1. The quantitative estimate of drug-likeness (QED) is 0.803. The highest BCUT2D eigenvalue weighted by Gasteiger charge is 2.31. The Morgan fingerprint density at radius 3 is 2.74 bits per heavy atom. The van der Waals surface area contributed by atoms with Crippen LogP contribution in [-0.4, -0.2) is 54.4 Å². The number of ether oxygens (including phenoxy) is 1. The van der Waals surface area contributed by atoms with E-state index in [0.717, 1.165) is 25.7 Å². The molecule has 0 radical (unpaired) electrons. The fourth-order valence-corrected chi connectivity index (χ4v) is 2.91. The molecule has 6 nitrogen and oxygen atoms in total. The van der Waals surface area contributed by atoms with Crippen molar-refractivity contribution < 1.29 is 19.4 Å². The number of likely N-dealkylation sites (tertiary alicyclic amines) is 1. The predicted octanol–water partition coefficient (Wildman–Crippen LogP) is 1.06. The average molecular weight is 270 g/mol. The van der Waals surface area contributed by atoms with E-state index in [1.54, 1.807) is 12.0 Å². The van der Waals surface area contributed by atoms with Gasteiger partial charge in [0.05, 0.1) is 12.0 Å². The zero-order valence-electron chi connectivity index (χ0n) is 11.3.